The van der Waals surface area contributed by atoms with Crippen molar-refractivity contribution < 1.29 is 19.1 Å². The van der Waals surface area contributed by atoms with Crippen LogP contribution in [0.3, 0.4) is 0 Å². The van der Waals surface area contributed by atoms with Crippen LogP contribution in [0.2, 0.25) is 5.02 Å². The number of rotatable bonds is 5. The fourth-order valence-corrected chi connectivity index (χ4v) is 2.32. The van der Waals surface area contributed by atoms with Gasteiger partial charge in [-0.2, -0.15) is 0 Å². The van der Waals surface area contributed by atoms with Gasteiger partial charge in [-0.25, -0.2) is 4.39 Å². The van der Waals surface area contributed by atoms with Crippen molar-refractivity contribution in [3.63, 3.8) is 0 Å². The monoisotopic (exact) mass is 379 g/mol. The highest BCUT2D eigenvalue weighted by atomic mass is 35.5. The molecule has 0 fully saturated rings. The lowest BCUT2D eigenvalue weighted by Gasteiger charge is -2.15. The lowest BCUT2D eigenvalue weighted by atomic mass is 10.1. The summed E-state index contributed by atoms with van der Waals surface area (Å²) in [6.45, 7) is -0.127. The zero-order valence-electron chi connectivity index (χ0n) is 14.3. The lowest BCUT2D eigenvalue weighted by Crippen LogP contribution is -2.37. The van der Waals surface area contributed by atoms with Crippen molar-refractivity contribution in [3.05, 3.63) is 58.9 Å². The van der Waals surface area contributed by atoms with Gasteiger partial charge in [0.15, 0.2) is 0 Å². The van der Waals surface area contributed by atoms with Gasteiger partial charge in [-0.05, 0) is 35.9 Å². The van der Waals surface area contributed by atoms with E-state index in [4.69, 9.17) is 11.6 Å². The molecule has 0 bridgehead atoms. The van der Waals surface area contributed by atoms with Gasteiger partial charge in [0.1, 0.15) is 5.82 Å². The second-order valence-electron chi connectivity index (χ2n) is 5.79. The van der Waals surface area contributed by atoms with Gasteiger partial charge in [-0.3, -0.25) is 9.59 Å². The molecule has 8 heteroatoms. The molecule has 0 spiro atoms. The van der Waals surface area contributed by atoms with E-state index in [0.717, 1.165) is 11.8 Å². The third-order valence-electron chi connectivity index (χ3n) is 3.63. The Morgan fingerprint density at radius 1 is 1.15 bits per heavy atom. The molecule has 2 amide bonds. The second kappa shape index (κ2) is 8.64. The number of aliphatic hydroxyl groups is 1. The number of halogens is 2. The molecular weight excluding hydrogens is 361 g/mol. The van der Waals surface area contributed by atoms with Crippen molar-refractivity contribution in [1.29, 1.82) is 0 Å². The molecule has 0 radical (unpaired) electrons. The number of aliphatic hydroxyl groups excluding tert-OH is 1. The normalized spacial score (nSPS) is 11.6. The Kier molecular flexibility index (Phi) is 6.54. The highest BCUT2D eigenvalue weighted by molar-refractivity contribution is 6.39. The van der Waals surface area contributed by atoms with Crippen molar-refractivity contribution in [2.75, 3.05) is 30.9 Å². The molecule has 0 aliphatic heterocycles. The van der Waals surface area contributed by atoms with E-state index in [-0.39, 0.29) is 17.3 Å². The summed E-state index contributed by atoms with van der Waals surface area (Å²) >= 11 is 5.62. The number of carbonyl (C=O) groups excluding carboxylic acids is 2. The summed E-state index contributed by atoms with van der Waals surface area (Å²) in [5.74, 6) is -2.49. The minimum absolute atomic E-state index is 0.127. The van der Waals surface area contributed by atoms with Crippen molar-refractivity contribution in [1.82, 2.24) is 5.32 Å². The van der Waals surface area contributed by atoms with Crippen molar-refractivity contribution in [2.24, 2.45) is 0 Å². The Bertz CT molecular complexity index is 797. The minimum atomic E-state index is -0.955. The molecule has 6 nitrogen and oxygen atoms in total. The molecular formula is C18H19ClFN3O3. The van der Waals surface area contributed by atoms with E-state index in [2.05, 4.69) is 10.6 Å². The maximum atomic E-state index is 13.1. The molecule has 26 heavy (non-hydrogen) atoms. The van der Waals surface area contributed by atoms with E-state index in [1.807, 2.05) is 31.1 Å². The largest absolute Gasteiger partial charge is 0.387 e. The van der Waals surface area contributed by atoms with Gasteiger partial charge in [0, 0.05) is 32.0 Å². The minimum Gasteiger partial charge on any atom is -0.387 e. The molecule has 2 rings (SSSR count). The number of hydrogen-bond donors (Lipinski definition) is 3. The van der Waals surface area contributed by atoms with Crippen LogP contribution in [0.5, 0.6) is 0 Å². The molecule has 1 atom stereocenters. The Morgan fingerprint density at radius 3 is 2.38 bits per heavy atom. The van der Waals surface area contributed by atoms with E-state index in [1.165, 1.54) is 12.1 Å². The van der Waals surface area contributed by atoms with Crippen LogP contribution in [0.25, 0.3) is 0 Å². The molecule has 0 heterocycles. The molecule has 138 valence electrons. The van der Waals surface area contributed by atoms with Crippen molar-refractivity contribution in [3.8, 4) is 0 Å². The molecule has 0 saturated carbocycles. The van der Waals surface area contributed by atoms with Crippen LogP contribution in [0.1, 0.15) is 11.7 Å². The van der Waals surface area contributed by atoms with Gasteiger partial charge in [-0.15, -0.1) is 0 Å². The third-order valence-corrected chi connectivity index (χ3v) is 3.92. The molecule has 2 aromatic rings. The molecule has 0 aliphatic rings. The Morgan fingerprint density at radius 2 is 1.81 bits per heavy atom. The van der Waals surface area contributed by atoms with Crippen LogP contribution >= 0.6 is 11.6 Å². The first-order valence-electron chi connectivity index (χ1n) is 7.77. The van der Waals surface area contributed by atoms with Crippen LogP contribution in [0, 0.1) is 5.82 Å². The summed E-state index contributed by atoms with van der Waals surface area (Å²) in [6, 6.07) is 10.7. The fourth-order valence-electron chi connectivity index (χ4n) is 2.14. The zero-order valence-corrected chi connectivity index (χ0v) is 15.0. The molecule has 0 aromatic heterocycles. The number of nitrogens with one attached hydrogen (secondary N) is 2. The summed E-state index contributed by atoms with van der Waals surface area (Å²) in [5, 5.41) is 14.6. The Hall–Kier alpha value is -2.64. The number of hydrogen-bond acceptors (Lipinski definition) is 4. The molecule has 3 N–H and O–H groups in total. The van der Waals surface area contributed by atoms with E-state index >= 15 is 0 Å². The summed E-state index contributed by atoms with van der Waals surface area (Å²) in [6.07, 6.45) is -0.955. The number of carbonyl (C=O) groups is 2. The van der Waals surface area contributed by atoms with Gasteiger partial charge in [0.2, 0.25) is 0 Å². The number of anilines is 2. The van der Waals surface area contributed by atoms with Crippen LogP contribution in [0.4, 0.5) is 15.8 Å². The first-order chi connectivity index (χ1) is 12.3. The quantitative estimate of drug-likeness (QED) is 0.696. The van der Waals surface area contributed by atoms with E-state index in [0.29, 0.717) is 5.56 Å². The summed E-state index contributed by atoms with van der Waals surface area (Å²) in [4.78, 5) is 25.6. The highest BCUT2D eigenvalue weighted by Crippen LogP contribution is 2.19. The van der Waals surface area contributed by atoms with Gasteiger partial charge in [0.25, 0.3) is 0 Å². The highest BCUT2D eigenvalue weighted by Gasteiger charge is 2.16. The maximum absolute atomic E-state index is 13.1. The van der Waals surface area contributed by atoms with Crippen LogP contribution in [-0.4, -0.2) is 37.6 Å². The van der Waals surface area contributed by atoms with E-state index in [1.54, 1.807) is 12.1 Å². The first-order valence-corrected chi connectivity index (χ1v) is 8.15. The van der Waals surface area contributed by atoms with Crippen LogP contribution < -0.4 is 15.5 Å². The number of benzene rings is 2. The Balaban J connectivity index is 1.88. The second-order valence-corrected chi connectivity index (χ2v) is 6.20. The molecule has 0 aliphatic carbocycles. The summed E-state index contributed by atoms with van der Waals surface area (Å²) in [7, 11) is 3.80. The van der Waals surface area contributed by atoms with Gasteiger partial charge in [-0.1, -0.05) is 23.7 Å². The zero-order chi connectivity index (χ0) is 19.3. The van der Waals surface area contributed by atoms with Crippen molar-refractivity contribution >= 4 is 34.8 Å². The fraction of sp³-hybridized carbons (Fsp3) is 0.222. The van der Waals surface area contributed by atoms with Crippen LogP contribution in [0.15, 0.2) is 42.5 Å². The van der Waals surface area contributed by atoms with Gasteiger partial charge in [0.05, 0.1) is 11.1 Å². The SMILES string of the molecule is CN(C)c1ccc(C(O)CNC(=O)C(=O)Nc2ccc(F)c(Cl)c2)cc1. The first kappa shape index (κ1) is 19.7. The third kappa shape index (κ3) is 5.18. The summed E-state index contributed by atoms with van der Waals surface area (Å²) < 4.78 is 13.1. The van der Waals surface area contributed by atoms with Crippen LogP contribution in [-0.2, 0) is 9.59 Å². The summed E-state index contributed by atoms with van der Waals surface area (Å²) in [5.41, 5.74) is 1.78. The maximum Gasteiger partial charge on any atom is 0.313 e. The predicted molar refractivity (Wildman–Crippen MR) is 98.8 cm³/mol. The molecule has 1 unspecified atom stereocenters. The average Bonchev–Trinajstić information content (AvgIpc) is 2.62. The smallest absolute Gasteiger partial charge is 0.313 e. The predicted octanol–water partition coefficient (Wildman–Crippen LogP) is 2.33. The average molecular weight is 380 g/mol. The van der Waals surface area contributed by atoms with Crippen molar-refractivity contribution in [2.45, 2.75) is 6.10 Å². The Labute approximate surface area is 155 Å². The van der Waals surface area contributed by atoms with Gasteiger partial charge < -0.3 is 20.6 Å². The topological polar surface area (TPSA) is 81.7 Å². The standard InChI is InChI=1S/C18H19ClFN3O3/c1-23(2)13-6-3-11(4-7-13)16(24)10-21-17(25)18(26)22-12-5-8-15(20)14(19)9-12/h3-9,16,24H,10H2,1-2H3,(H,21,25)(H,22,26). The number of amides is 2. The van der Waals surface area contributed by atoms with E-state index in [9.17, 15) is 19.1 Å². The lowest BCUT2D eigenvalue weighted by molar-refractivity contribution is -0.136. The molecule has 2 aromatic carbocycles. The number of nitrogens with zero attached hydrogens (tertiary/aromatic N) is 1. The van der Waals surface area contributed by atoms with E-state index < -0.39 is 23.7 Å². The molecule has 0 saturated heterocycles. The van der Waals surface area contributed by atoms with Gasteiger partial charge >= 0.3 is 11.8 Å².